The Hall–Kier alpha value is -1.45. The van der Waals surface area contributed by atoms with Gasteiger partial charge in [0.15, 0.2) is 0 Å². The average molecular weight is 154 g/mol. The number of nitrogens with zero attached hydrogens (tertiary/aromatic N) is 2. The fraction of sp³-hybridized carbons (Fsp3) is 0.286. The molecule has 0 heterocycles. The highest BCUT2D eigenvalue weighted by Gasteiger charge is 2.01. The number of hydrogen-bond acceptors (Lipinski definition) is 4. The number of rotatable bonds is 3. The molecule has 0 aliphatic heterocycles. The largest absolute Gasteiger partial charge is 0.465 e. The summed E-state index contributed by atoms with van der Waals surface area (Å²) in [7, 11) is 1.30. The Morgan fingerprint density at radius 1 is 1.55 bits per heavy atom. The minimum atomic E-state index is -0.446. The molecule has 0 rings (SSSR count). The predicted octanol–water partition coefficient (Wildman–Crippen LogP) is 0.792. The second-order valence-electron chi connectivity index (χ2n) is 1.69. The Balaban J connectivity index is 4.10. The van der Waals surface area contributed by atoms with Crippen LogP contribution < -0.4 is 0 Å². The number of carbonyl (C=O) groups is 1. The Morgan fingerprint density at radius 3 is 2.64 bits per heavy atom. The van der Waals surface area contributed by atoms with Crippen molar-refractivity contribution in [1.29, 1.82) is 0 Å². The van der Waals surface area contributed by atoms with Gasteiger partial charge in [0, 0.05) is 12.4 Å². The van der Waals surface area contributed by atoms with E-state index in [1.54, 1.807) is 6.92 Å². The highest BCUT2D eigenvalue weighted by molar-refractivity contribution is 6.35. The lowest BCUT2D eigenvalue weighted by atomic mass is 10.4. The van der Waals surface area contributed by atoms with E-state index in [1.165, 1.54) is 19.5 Å². The maximum atomic E-state index is 10.7. The van der Waals surface area contributed by atoms with E-state index in [9.17, 15) is 4.79 Å². The summed E-state index contributed by atoms with van der Waals surface area (Å²) in [6.45, 7) is 4.76. The van der Waals surface area contributed by atoms with Crippen molar-refractivity contribution in [2.24, 2.45) is 9.98 Å². The molecule has 11 heavy (non-hydrogen) atoms. The third kappa shape index (κ3) is 4.02. The van der Waals surface area contributed by atoms with Crippen LogP contribution in [0.15, 0.2) is 22.4 Å². The van der Waals surface area contributed by atoms with Crippen molar-refractivity contribution in [1.82, 2.24) is 0 Å². The van der Waals surface area contributed by atoms with Crippen molar-refractivity contribution < 1.29 is 9.53 Å². The molecule has 0 radical (unpaired) electrons. The Bertz CT molecular complexity index is 206. The number of methoxy groups -OCH3 is 1. The smallest absolute Gasteiger partial charge is 0.352 e. The van der Waals surface area contributed by atoms with Gasteiger partial charge in [0.05, 0.1) is 7.11 Å². The lowest BCUT2D eigenvalue weighted by Gasteiger charge is -1.93. The second-order valence-corrected chi connectivity index (χ2v) is 1.69. The summed E-state index contributed by atoms with van der Waals surface area (Å²) in [6.07, 6.45) is 2.76. The topological polar surface area (TPSA) is 51.0 Å². The van der Waals surface area contributed by atoms with Gasteiger partial charge in [-0.15, -0.1) is 0 Å². The molecule has 0 N–H and O–H groups in total. The zero-order valence-electron chi connectivity index (χ0n) is 6.57. The number of ether oxygens (including phenoxy) is 1. The van der Waals surface area contributed by atoms with E-state index >= 15 is 0 Å². The summed E-state index contributed by atoms with van der Waals surface area (Å²) >= 11 is 0. The fourth-order valence-electron chi connectivity index (χ4n) is 0.393. The first kappa shape index (κ1) is 9.55. The molecule has 4 nitrogen and oxygen atoms in total. The molecular weight excluding hydrogens is 144 g/mol. The van der Waals surface area contributed by atoms with Crippen molar-refractivity contribution in [3.8, 4) is 0 Å². The molecular formula is C7H10N2O2. The average Bonchev–Trinajstić information content (AvgIpc) is 2.03. The van der Waals surface area contributed by atoms with Crippen LogP contribution in [0.1, 0.15) is 6.92 Å². The highest BCUT2D eigenvalue weighted by Crippen LogP contribution is 1.84. The summed E-state index contributed by atoms with van der Waals surface area (Å²) < 4.78 is 4.39. The molecule has 0 aliphatic carbocycles. The zero-order valence-corrected chi connectivity index (χ0v) is 6.57. The van der Waals surface area contributed by atoms with Crippen LogP contribution in [0.25, 0.3) is 0 Å². The maximum absolute atomic E-state index is 10.7. The second kappa shape index (κ2) is 5.34. The highest BCUT2D eigenvalue weighted by atomic mass is 16.5. The normalized spacial score (nSPS) is 11.6. The number of esters is 1. The number of hydrogen-bond donors (Lipinski definition) is 0. The molecule has 60 valence electrons. The van der Waals surface area contributed by atoms with Gasteiger partial charge in [0.25, 0.3) is 0 Å². The van der Waals surface area contributed by atoms with E-state index in [2.05, 4.69) is 21.4 Å². The minimum absolute atomic E-state index is 0.285. The van der Waals surface area contributed by atoms with Gasteiger partial charge in [-0.2, -0.15) is 0 Å². The summed E-state index contributed by atoms with van der Waals surface area (Å²) in [6, 6.07) is 0. The third-order valence-corrected chi connectivity index (χ3v) is 0.921. The lowest BCUT2D eigenvalue weighted by Crippen LogP contribution is -2.10. The molecule has 0 amide bonds. The van der Waals surface area contributed by atoms with Gasteiger partial charge < -0.3 is 4.74 Å². The van der Waals surface area contributed by atoms with Crippen molar-refractivity contribution in [3.63, 3.8) is 0 Å². The summed E-state index contributed by atoms with van der Waals surface area (Å²) in [4.78, 5) is 17.8. The standard InChI is InChI=1S/C7H10N2O2/c1-6(7(10)11-3)9-5-4-8-2/h4-5H,2H2,1,3H3/b5-4-,9-6?. The van der Waals surface area contributed by atoms with E-state index in [0.717, 1.165) is 0 Å². The van der Waals surface area contributed by atoms with E-state index in [0.29, 0.717) is 0 Å². The van der Waals surface area contributed by atoms with E-state index in [1.807, 2.05) is 0 Å². The van der Waals surface area contributed by atoms with Gasteiger partial charge in [-0.25, -0.2) is 4.79 Å². The van der Waals surface area contributed by atoms with Crippen molar-refractivity contribution >= 4 is 18.4 Å². The Labute approximate surface area is 65.3 Å². The fourth-order valence-corrected chi connectivity index (χ4v) is 0.393. The van der Waals surface area contributed by atoms with Crippen LogP contribution in [0, 0.1) is 0 Å². The van der Waals surface area contributed by atoms with Crippen LogP contribution in [-0.2, 0) is 9.53 Å². The molecule has 0 spiro atoms. The number of carbonyl (C=O) groups excluding carboxylic acids is 1. The van der Waals surface area contributed by atoms with Crippen LogP contribution in [0.2, 0.25) is 0 Å². The molecule has 0 unspecified atom stereocenters. The Morgan fingerprint density at radius 2 is 2.18 bits per heavy atom. The van der Waals surface area contributed by atoms with E-state index in [-0.39, 0.29) is 5.71 Å². The van der Waals surface area contributed by atoms with Crippen molar-refractivity contribution in [2.75, 3.05) is 7.11 Å². The van der Waals surface area contributed by atoms with Crippen LogP contribution in [0.4, 0.5) is 0 Å². The Kier molecular flexibility index (Phi) is 4.64. The SMILES string of the molecule is C=N/C=C\N=C(C)C(=O)OC. The first-order valence-electron chi connectivity index (χ1n) is 2.96. The van der Waals surface area contributed by atoms with Crippen LogP contribution in [0.3, 0.4) is 0 Å². The van der Waals surface area contributed by atoms with Crippen LogP contribution in [-0.4, -0.2) is 25.5 Å². The summed E-state index contributed by atoms with van der Waals surface area (Å²) in [5.74, 6) is -0.446. The van der Waals surface area contributed by atoms with Crippen molar-refractivity contribution in [3.05, 3.63) is 12.4 Å². The summed E-state index contributed by atoms with van der Waals surface area (Å²) in [5, 5.41) is 0. The number of aliphatic imine (C=N–C) groups is 2. The molecule has 0 aliphatic rings. The predicted molar refractivity (Wildman–Crippen MR) is 43.8 cm³/mol. The molecule has 0 atom stereocenters. The molecule has 0 aromatic rings. The molecule has 0 bridgehead atoms. The van der Waals surface area contributed by atoms with Gasteiger partial charge >= 0.3 is 5.97 Å². The first-order valence-corrected chi connectivity index (χ1v) is 2.96. The minimum Gasteiger partial charge on any atom is -0.465 e. The molecule has 4 heteroatoms. The van der Waals surface area contributed by atoms with Crippen molar-refractivity contribution in [2.45, 2.75) is 6.92 Å². The van der Waals surface area contributed by atoms with Crippen LogP contribution >= 0.6 is 0 Å². The van der Waals surface area contributed by atoms with Crippen LogP contribution in [0.5, 0.6) is 0 Å². The molecule has 0 aromatic carbocycles. The first-order chi connectivity index (χ1) is 5.22. The van der Waals surface area contributed by atoms with Gasteiger partial charge in [-0.3, -0.25) is 9.98 Å². The quantitative estimate of drug-likeness (QED) is 0.445. The molecule has 0 saturated carbocycles. The summed E-state index contributed by atoms with van der Waals surface area (Å²) in [5.41, 5.74) is 0.285. The third-order valence-electron chi connectivity index (χ3n) is 0.921. The van der Waals surface area contributed by atoms with Gasteiger partial charge in [0.2, 0.25) is 0 Å². The van der Waals surface area contributed by atoms with E-state index < -0.39 is 5.97 Å². The van der Waals surface area contributed by atoms with Gasteiger partial charge in [-0.1, -0.05) is 0 Å². The molecule has 0 aromatic heterocycles. The lowest BCUT2D eigenvalue weighted by molar-refractivity contribution is -0.132. The maximum Gasteiger partial charge on any atom is 0.352 e. The zero-order chi connectivity index (χ0) is 8.69. The van der Waals surface area contributed by atoms with Gasteiger partial charge in [-0.05, 0) is 13.6 Å². The molecule has 0 saturated heterocycles. The van der Waals surface area contributed by atoms with E-state index in [4.69, 9.17) is 0 Å². The molecule has 0 fully saturated rings. The van der Waals surface area contributed by atoms with Gasteiger partial charge in [0.1, 0.15) is 5.71 Å². The monoisotopic (exact) mass is 154 g/mol.